The number of hydrogen-bond donors (Lipinski definition) is 2. The van der Waals surface area contributed by atoms with Gasteiger partial charge in [0.15, 0.2) is 0 Å². The molecule has 0 bridgehead atoms. The van der Waals surface area contributed by atoms with Crippen LogP contribution in [-0.2, 0) is 10.8 Å². The summed E-state index contributed by atoms with van der Waals surface area (Å²) in [5, 5.41) is 0. The van der Waals surface area contributed by atoms with Crippen LogP contribution < -0.4 is 9.47 Å². The van der Waals surface area contributed by atoms with E-state index in [2.05, 4.69) is 87.9 Å². The number of ether oxygens (including phenoxy) is 2. The van der Waals surface area contributed by atoms with E-state index in [0.717, 1.165) is 62.8 Å². The number of hydrogen-bond acceptors (Lipinski definition) is 4. The number of benzene rings is 4. The van der Waals surface area contributed by atoms with Crippen LogP contribution in [0.5, 0.6) is 11.5 Å². The summed E-state index contributed by atoms with van der Waals surface area (Å²) in [5.41, 5.74) is 8.55. The molecule has 4 aromatic carbocycles. The van der Waals surface area contributed by atoms with Crippen molar-refractivity contribution in [1.29, 1.82) is 0 Å². The number of fused-ring (bicyclic) bond motifs is 2. The Kier molecular flexibility index (Phi) is 7.47. The third kappa shape index (κ3) is 6.14. The molecule has 6 heteroatoms. The smallest absolute Gasteiger partial charge is 0.142 e. The maximum absolute atomic E-state index is 6.24. The van der Waals surface area contributed by atoms with E-state index in [0.29, 0.717) is 13.2 Å². The summed E-state index contributed by atoms with van der Waals surface area (Å²) in [6.45, 7) is 14.4. The molecule has 6 aromatic rings. The zero-order chi connectivity index (χ0) is 30.2. The van der Waals surface area contributed by atoms with Gasteiger partial charge in [0, 0.05) is 6.42 Å². The quantitative estimate of drug-likeness (QED) is 0.178. The van der Waals surface area contributed by atoms with Gasteiger partial charge in [-0.3, -0.25) is 0 Å². The summed E-state index contributed by atoms with van der Waals surface area (Å²) < 4.78 is 12.5. The molecule has 0 aliphatic heterocycles. The lowest BCUT2D eigenvalue weighted by Gasteiger charge is -2.18. The molecule has 0 amide bonds. The van der Waals surface area contributed by atoms with Crippen molar-refractivity contribution < 1.29 is 9.47 Å². The number of para-hydroxylation sites is 2. The number of aromatic amines is 2. The van der Waals surface area contributed by atoms with Crippen LogP contribution in [0, 0.1) is 0 Å². The highest BCUT2D eigenvalue weighted by Crippen LogP contribution is 2.33. The molecule has 0 saturated carbocycles. The molecule has 2 aromatic heterocycles. The van der Waals surface area contributed by atoms with E-state index in [1.807, 2.05) is 48.5 Å². The molecular formula is C37H40N4O2. The number of imidazole rings is 2. The van der Waals surface area contributed by atoms with Gasteiger partial charge in [-0.2, -0.15) is 0 Å². The summed E-state index contributed by atoms with van der Waals surface area (Å²) in [6, 6.07) is 28.9. The predicted octanol–water partition coefficient (Wildman–Crippen LogP) is 9.22. The Morgan fingerprint density at radius 2 is 0.977 bits per heavy atom. The van der Waals surface area contributed by atoms with E-state index in [1.165, 1.54) is 11.1 Å². The Hall–Kier alpha value is -4.58. The van der Waals surface area contributed by atoms with Crippen LogP contribution >= 0.6 is 0 Å². The number of rotatable bonds is 8. The number of H-pyrrole nitrogens is 2. The van der Waals surface area contributed by atoms with Crippen LogP contribution in [0.4, 0.5) is 0 Å². The first-order valence-corrected chi connectivity index (χ1v) is 15.0. The SMILES string of the molecule is CC(C)(C)c1ccc2nc(-c3ccccc3OCCCOc3ccccc3-c3nc4ccc(C(C)(C)C)cc4[nH]3)[nH]c2c1. The second kappa shape index (κ2) is 11.3. The van der Waals surface area contributed by atoms with Crippen LogP contribution in [0.25, 0.3) is 44.8 Å². The molecule has 0 fully saturated rings. The van der Waals surface area contributed by atoms with Crippen LogP contribution in [0.3, 0.4) is 0 Å². The lowest BCUT2D eigenvalue weighted by Crippen LogP contribution is -2.10. The lowest BCUT2D eigenvalue weighted by molar-refractivity contribution is 0.248. The molecule has 0 radical (unpaired) electrons. The molecule has 220 valence electrons. The third-order valence-corrected chi connectivity index (χ3v) is 7.78. The average Bonchev–Trinajstić information content (AvgIpc) is 3.60. The average molecular weight is 573 g/mol. The number of nitrogens with one attached hydrogen (secondary N) is 2. The van der Waals surface area contributed by atoms with Gasteiger partial charge in [0.25, 0.3) is 0 Å². The van der Waals surface area contributed by atoms with Gasteiger partial charge < -0.3 is 19.4 Å². The Balaban J connectivity index is 1.11. The first kappa shape index (κ1) is 28.5. The van der Waals surface area contributed by atoms with Gasteiger partial charge in [-0.1, -0.05) is 77.9 Å². The second-order valence-electron chi connectivity index (χ2n) is 13.2. The van der Waals surface area contributed by atoms with Gasteiger partial charge in [0.1, 0.15) is 23.1 Å². The minimum Gasteiger partial charge on any atom is -0.493 e. The van der Waals surface area contributed by atoms with Crippen molar-refractivity contribution in [2.75, 3.05) is 13.2 Å². The third-order valence-electron chi connectivity index (χ3n) is 7.78. The van der Waals surface area contributed by atoms with Crippen molar-refractivity contribution in [2.24, 2.45) is 0 Å². The highest BCUT2D eigenvalue weighted by molar-refractivity contribution is 5.82. The molecule has 0 aliphatic carbocycles. The van der Waals surface area contributed by atoms with Crippen molar-refractivity contribution in [2.45, 2.75) is 58.8 Å². The molecule has 0 spiro atoms. The van der Waals surface area contributed by atoms with Gasteiger partial charge in [0.2, 0.25) is 0 Å². The highest BCUT2D eigenvalue weighted by Gasteiger charge is 2.18. The van der Waals surface area contributed by atoms with E-state index in [1.54, 1.807) is 0 Å². The monoisotopic (exact) mass is 572 g/mol. The van der Waals surface area contributed by atoms with Gasteiger partial charge >= 0.3 is 0 Å². The Labute approximate surface area is 253 Å². The minimum atomic E-state index is 0.0747. The fraction of sp³-hybridized carbons (Fsp3) is 0.297. The van der Waals surface area contributed by atoms with Crippen LogP contribution in [0.2, 0.25) is 0 Å². The Morgan fingerprint density at radius 3 is 1.40 bits per heavy atom. The van der Waals surface area contributed by atoms with Gasteiger partial charge in [-0.25, -0.2) is 9.97 Å². The first-order chi connectivity index (χ1) is 20.6. The van der Waals surface area contributed by atoms with Gasteiger partial charge in [-0.05, 0) is 70.5 Å². The first-order valence-electron chi connectivity index (χ1n) is 15.0. The van der Waals surface area contributed by atoms with E-state index < -0.39 is 0 Å². The van der Waals surface area contributed by atoms with Crippen LogP contribution in [0.15, 0.2) is 84.9 Å². The normalized spacial score (nSPS) is 12.2. The number of nitrogens with zero attached hydrogens (tertiary/aromatic N) is 2. The van der Waals surface area contributed by atoms with Crippen molar-refractivity contribution in [3.8, 4) is 34.3 Å². The lowest BCUT2D eigenvalue weighted by atomic mass is 9.87. The maximum atomic E-state index is 6.24. The Bertz CT molecular complexity index is 1750. The largest absolute Gasteiger partial charge is 0.493 e. The predicted molar refractivity (Wildman–Crippen MR) is 176 cm³/mol. The van der Waals surface area contributed by atoms with E-state index >= 15 is 0 Å². The van der Waals surface area contributed by atoms with E-state index in [9.17, 15) is 0 Å². The molecule has 43 heavy (non-hydrogen) atoms. The zero-order valence-corrected chi connectivity index (χ0v) is 25.9. The molecule has 2 heterocycles. The molecular weight excluding hydrogens is 532 g/mol. The highest BCUT2D eigenvalue weighted by atomic mass is 16.5. The van der Waals surface area contributed by atoms with Crippen molar-refractivity contribution >= 4 is 22.1 Å². The molecule has 2 N–H and O–H groups in total. The zero-order valence-electron chi connectivity index (χ0n) is 25.9. The molecule has 0 aliphatic rings. The summed E-state index contributed by atoms with van der Waals surface area (Å²) >= 11 is 0. The fourth-order valence-corrected chi connectivity index (χ4v) is 5.21. The summed E-state index contributed by atoms with van der Waals surface area (Å²) in [4.78, 5) is 16.7. The molecule has 6 nitrogen and oxygen atoms in total. The van der Waals surface area contributed by atoms with Crippen molar-refractivity contribution in [3.05, 3.63) is 96.1 Å². The molecule has 6 rings (SSSR count). The van der Waals surface area contributed by atoms with E-state index in [4.69, 9.17) is 19.4 Å². The van der Waals surface area contributed by atoms with Crippen LogP contribution in [-0.4, -0.2) is 33.1 Å². The standard InChI is InChI=1S/C37H40N4O2/c1-36(2,3)24-16-18-28-30(22-24)40-34(38-28)26-12-7-9-14-32(26)42-20-11-21-43-33-15-10-8-13-27(33)35-39-29-19-17-25(37(4,5)6)23-31(29)41-35/h7-10,12-19,22-23H,11,20-21H2,1-6H3,(H,38,40)(H,39,41). The van der Waals surface area contributed by atoms with Crippen LogP contribution in [0.1, 0.15) is 59.1 Å². The molecule has 0 saturated heterocycles. The maximum Gasteiger partial charge on any atom is 0.142 e. The Morgan fingerprint density at radius 1 is 0.558 bits per heavy atom. The number of aromatic nitrogens is 4. The molecule has 0 atom stereocenters. The second-order valence-corrected chi connectivity index (χ2v) is 13.2. The van der Waals surface area contributed by atoms with E-state index in [-0.39, 0.29) is 10.8 Å². The summed E-state index contributed by atoms with van der Waals surface area (Å²) in [5.74, 6) is 3.22. The summed E-state index contributed by atoms with van der Waals surface area (Å²) in [6.07, 6.45) is 0.729. The topological polar surface area (TPSA) is 75.8 Å². The fourth-order valence-electron chi connectivity index (χ4n) is 5.21. The summed E-state index contributed by atoms with van der Waals surface area (Å²) in [7, 11) is 0. The van der Waals surface area contributed by atoms with Crippen molar-refractivity contribution in [3.63, 3.8) is 0 Å². The van der Waals surface area contributed by atoms with Gasteiger partial charge in [0.05, 0.1) is 46.4 Å². The minimum absolute atomic E-state index is 0.0747. The van der Waals surface area contributed by atoms with Crippen molar-refractivity contribution in [1.82, 2.24) is 19.9 Å². The van der Waals surface area contributed by atoms with Gasteiger partial charge in [-0.15, -0.1) is 0 Å². The molecule has 0 unspecified atom stereocenters.